The van der Waals surface area contributed by atoms with E-state index >= 15 is 0 Å². The summed E-state index contributed by atoms with van der Waals surface area (Å²) in [6.07, 6.45) is 6.03. The lowest BCUT2D eigenvalue weighted by Gasteiger charge is -2.32. The fourth-order valence-electron chi connectivity index (χ4n) is 4.11. The van der Waals surface area contributed by atoms with Crippen molar-refractivity contribution in [1.29, 1.82) is 0 Å². The summed E-state index contributed by atoms with van der Waals surface area (Å²) in [7, 11) is 0. The van der Waals surface area contributed by atoms with Crippen LogP contribution in [0.5, 0.6) is 0 Å². The van der Waals surface area contributed by atoms with E-state index in [4.69, 9.17) is 5.73 Å². The van der Waals surface area contributed by atoms with Gasteiger partial charge >= 0.3 is 0 Å². The highest BCUT2D eigenvalue weighted by Crippen LogP contribution is 2.47. The van der Waals surface area contributed by atoms with Crippen LogP contribution in [0.3, 0.4) is 0 Å². The third-order valence-electron chi connectivity index (χ3n) is 5.99. The molecule has 3 N–H and O–H groups in total. The lowest BCUT2D eigenvalue weighted by atomic mass is 9.80. The topological polar surface area (TPSA) is 68.8 Å². The van der Waals surface area contributed by atoms with Crippen LogP contribution in [0, 0.1) is 11.6 Å². The molecular formula is C19H23F2N5. The molecule has 3 fully saturated rings. The van der Waals surface area contributed by atoms with Crippen molar-refractivity contribution < 1.29 is 8.78 Å². The van der Waals surface area contributed by atoms with Gasteiger partial charge in [-0.2, -0.15) is 0 Å². The normalized spacial score (nSPS) is 26.6. The quantitative estimate of drug-likeness (QED) is 0.832. The van der Waals surface area contributed by atoms with E-state index in [9.17, 15) is 8.78 Å². The van der Waals surface area contributed by atoms with Crippen LogP contribution in [-0.4, -0.2) is 20.8 Å². The van der Waals surface area contributed by atoms with Gasteiger partial charge in [0.1, 0.15) is 23.3 Å². The van der Waals surface area contributed by atoms with Crippen LogP contribution in [0.4, 0.5) is 8.78 Å². The average molecular weight is 359 g/mol. The molecule has 3 saturated carbocycles. The molecule has 0 atom stereocenters. The molecule has 1 aromatic heterocycles. The van der Waals surface area contributed by atoms with Crippen molar-refractivity contribution in [1.82, 2.24) is 20.1 Å². The lowest BCUT2D eigenvalue weighted by Crippen LogP contribution is -2.36. The van der Waals surface area contributed by atoms with Crippen molar-refractivity contribution in [3.8, 4) is 0 Å². The van der Waals surface area contributed by atoms with Crippen molar-refractivity contribution in [2.75, 3.05) is 0 Å². The molecule has 26 heavy (non-hydrogen) atoms. The first-order chi connectivity index (χ1) is 12.5. The first-order valence-electron chi connectivity index (χ1n) is 9.45. The average Bonchev–Trinajstić information content (AvgIpc) is 3.48. The van der Waals surface area contributed by atoms with Crippen LogP contribution < -0.4 is 11.1 Å². The Balaban J connectivity index is 1.35. The summed E-state index contributed by atoms with van der Waals surface area (Å²) in [6.45, 7) is 0.556. The van der Waals surface area contributed by atoms with Crippen LogP contribution in [0.15, 0.2) is 18.2 Å². The Morgan fingerprint density at radius 3 is 2.38 bits per heavy atom. The predicted octanol–water partition coefficient (Wildman–Crippen LogP) is 2.87. The van der Waals surface area contributed by atoms with E-state index in [2.05, 4.69) is 20.1 Å². The van der Waals surface area contributed by atoms with Gasteiger partial charge in [0.05, 0.1) is 6.54 Å². The largest absolute Gasteiger partial charge is 0.328 e. The Labute approximate surface area is 151 Å². The fourth-order valence-corrected chi connectivity index (χ4v) is 4.11. The molecule has 3 aliphatic carbocycles. The molecule has 138 valence electrons. The van der Waals surface area contributed by atoms with Gasteiger partial charge in [-0.3, -0.25) is 0 Å². The zero-order valence-electron chi connectivity index (χ0n) is 14.6. The summed E-state index contributed by atoms with van der Waals surface area (Å²) in [6, 6.07) is 4.55. The number of aromatic nitrogens is 3. The van der Waals surface area contributed by atoms with E-state index in [0.717, 1.165) is 56.2 Å². The molecule has 0 radical (unpaired) electrons. The molecule has 0 bridgehead atoms. The number of hydrogen-bond acceptors (Lipinski definition) is 4. The van der Waals surface area contributed by atoms with Crippen molar-refractivity contribution in [3.63, 3.8) is 0 Å². The summed E-state index contributed by atoms with van der Waals surface area (Å²) in [5.74, 6) is 1.34. The van der Waals surface area contributed by atoms with E-state index < -0.39 is 11.6 Å². The van der Waals surface area contributed by atoms with Crippen molar-refractivity contribution in [3.05, 3.63) is 47.0 Å². The third kappa shape index (κ3) is 2.83. The Morgan fingerprint density at radius 2 is 1.81 bits per heavy atom. The number of halogens is 2. The van der Waals surface area contributed by atoms with E-state index in [1.54, 1.807) is 0 Å². The minimum absolute atomic E-state index is 0.281. The zero-order valence-corrected chi connectivity index (χ0v) is 14.6. The van der Waals surface area contributed by atoms with Gasteiger partial charge in [0.15, 0.2) is 0 Å². The van der Waals surface area contributed by atoms with Crippen LogP contribution >= 0.6 is 0 Å². The zero-order chi connectivity index (χ0) is 17.9. The molecule has 5 nitrogen and oxygen atoms in total. The van der Waals surface area contributed by atoms with Gasteiger partial charge in [-0.25, -0.2) is 8.78 Å². The summed E-state index contributed by atoms with van der Waals surface area (Å²) >= 11 is 0. The lowest BCUT2D eigenvalue weighted by molar-refractivity contribution is 0.327. The first kappa shape index (κ1) is 16.3. The van der Waals surface area contributed by atoms with Crippen molar-refractivity contribution >= 4 is 0 Å². The van der Waals surface area contributed by atoms with Crippen molar-refractivity contribution in [2.24, 2.45) is 5.73 Å². The van der Waals surface area contributed by atoms with E-state index in [-0.39, 0.29) is 11.6 Å². The molecule has 5 rings (SSSR count). The molecule has 0 aliphatic heterocycles. The Morgan fingerprint density at radius 1 is 1.12 bits per heavy atom. The Hall–Kier alpha value is -1.86. The summed E-state index contributed by atoms with van der Waals surface area (Å²) < 4.78 is 29.5. The molecule has 3 aliphatic rings. The van der Waals surface area contributed by atoms with Gasteiger partial charge in [0.2, 0.25) is 0 Å². The molecule has 0 amide bonds. The van der Waals surface area contributed by atoms with Gasteiger partial charge < -0.3 is 15.6 Å². The van der Waals surface area contributed by atoms with E-state index in [1.165, 1.54) is 12.1 Å². The number of nitrogens with zero attached hydrogens (tertiary/aromatic N) is 3. The second-order valence-electron chi connectivity index (χ2n) is 8.10. The van der Waals surface area contributed by atoms with Crippen molar-refractivity contribution in [2.45, 2.75) is 68.6 Å². The second-order valence-corrected chi connectivity index (χ2v) is 8.10. The maximum absolute atomic E-state index is 13.6. The second kappa shape index (κ2) is 5.82. The smallest absolute Gasteiger partial charge is 0.147 e. The van der Waals surface area contributed by atoms with Gasteiger partial charge in [-0.1, -0.05) is 0 Å². The molecule has 1 aromatic carbocycles. The number of benzene rings is 1. The van der Waals surface area contributed by atoms with E-state index in [1.807, 2.05) is 0 Å². The van der Waals surface area contributed by atoms with Crippen LogP contribution in [-0.2, 0) is 12.1 Å². The predicted molar refractivity (Wildman–Crippen MR) is 92.4 cm³/mol. The molecule has 0 unspecified atom stereocenters. The minimum atomic E-state index is -0.530. The summed E-state index contributed by atoms with van der Waals surface area (Å²) in [5.41, 5.74) is 6.27. The maximum atomic E-state index is 13.6. The SMILES string of the molecule is NC1CC(c2nnc(CNC3(c4cc(F)cc(F)c4)CC3)n2C2CC2)C1. The summed E-state index contributed by atoms with van der Waals surface area (Å²) in [4.78, 5) is 0. The highest BCUT2D eigenvalue weighted by atomic mass is 19.1. The highest BCUT2D eigenvalue weighted by molar-refractivity contribution is 5.31. The van der Waals surface area contributed by atoms with Gasteiger partial charge in [-0.05, 0) is 56.2 Å². The maximum Gasteiger partial charge on any atom is 0.147 e. The van der Waals surface area contributed by atoms with Crippen LogP contribution in [0.2, 0.25) is 0 Å². The Kier molecular flexibility index (Phi) is 3.66. The third-order valence-corrected chi connectivity index (χ3v) is 5.99. The van der Waals surface area contributed by atoms with Gasteiger partial charge in [-0.15, -0.1) is 10.2 Å². The minimum Gasteiger partial charge on any atom is -0.328 e. The first-order valence-corrected chi connectivity index (χ1v) is 9.45. The molecule has 1 heterocycles. The van der Waals surface area contributed by atoms with Crippen LogP contribution in [0.25, 0.3) is 0 Å². The number of nitrogens with one attached hydrogen (secondary N) is 1. The number of hydrogen-bond donors (Lipinski definition) is 2. The molecular weight excluding hydrogens is 336 g/mol. The fraction of sp³-hybridized carbons (Fsp3) is 0.579. The molecule has 0 spiro atoms. The van der Waals surface area contributed by atoms with E-state index in [0.29, 0.717) is 24.1 Å². The number of nitrogens with two attached hydrogens (primary N) is 1. The molecule has 0 saturated heterocycles. The standard InChI is InChI=1S/C19H23F2N5/c20-13-7-12(8-14(21)9-13)19(3-4-19)23-10-17-24-25-18(11-5-15(22)6-11)26(17)16-1-2-16/h7-9,11,15-16,23H,1-6,10,22H2. The van der Waals surface area contributed by atoms with Crippen LogP contribution in [0.1, 0.15) is 67.7 Å². The molecule has 2 aromatic rings. The molecule has 7 heteroatoms. The number of rotatable bonds is 6. The monoisotopic (exact) mass is 359 g/mol. The Bertz CT molecular complexity index is 814. The van der Waals surface area contributed by atoms with Gasteiger partial charge in [0.25, 0.3) is 0 Å². The summed E-state index contributed by atoms with van der Waals surface area (Å²) in [5, 5.41) is 12.4. The van der Waals surface area contributed by atoms with Gasteiger partial charge in [0, 0.05) is 29.6 Å². The highest BCUT2D eigenvalue weighted by Gasteiger charge is 2.45.